The first-order valence-electron chi connectivity index (χ1n) is 9.10. The van der Waals surface area contributed by atoms with E-state index in [1.165, 1.54) is 14.2 Å². The summed E-state index contributed by atoms with van der Waals surface area (Å²) in [7, 11) is 2.71. The van der Waals surface area contributed by atoms with Gasteiger partial charge < -0.3 is 14.2 Å². The fourth-order valence-corrected chi connectivity index (χ4v) is 3.92. The summed E-state index contributed by atoms with van der Waals surface area (Å²) >= 11 is 0. The van der Waals surface area contributed by atoms with Crippen LogP contribution in [0.1, 0.15) is 19.4 Å². The second-order valence-corrected chi connectivity index (χ2v) is 6.47. The predicted octanol–water partition coefficient (Wildman–Crippen LogP) is 2.12. The minimum atomic E-state index is -0.533. The van der Waals surface area contributed by atoms with Crippen LogP contribution in [0.5, 0.6) is 0 Å². The Labute approximate surface area is 155 Å². The minimum Gasteiger partial charge on any atom is -0.469 e. The Balaban J connectivity index is 2.14. The van der Waals surface area contributed by atoms with Crippen LogP contribution < -0.4 is 0 Å². The molecule has 0 heterocycles. The van der Waals surface area contributed by atoms with Crippen LogP contribution in [0, 0.1) is 17.8 Å². The topological polar surface area (TPSA) is 65.1 Å². The van der Waals surface area contributed by atoms with Crippen molar-refractivity contribution in [1.82, 2.24) is 4.90 Å². The zero-order chi connectivity index (χ0) is 19.1. The van der Waals surface area contributed by atoms with E-state index in [4.69, 9.17) is 14.2 Å². The predicted molar refractivity (Wildman–Crippen MR) is 97.3 cm³/mol. The smallest absolute Gasteiger partial charge is 0.311 e. The number of rotatable bonds is 9. The third-order valence-corrected chi connectivity index (χ3v) is 5.26. The van der Waals surface area contributed by atoms with E-state index >= 15 is 0 Å². The monoisotopic (exact) mass is 363 g/mol. The molecule has 0 spiro atoms. The number of benzene rings is 1. The van der Waals surface area contributed by atoms with Gasteiger partial charge in [-0.3, -0.25) is 14.5 Å². The van der Waals surface area contributed by atoms with Crippen LogP contribution in [0.25, 0.3) is 0 Å². The number of esters is 2. The van der Waals surface area contributed by atoms with E-state index in [1.807, 2.05) is 44.2 Å². The molecule has 0 aromatic heterocycles. The highest BCUT2D eigenvalue weighted by Crippen LogP contribution is 2.45. The van der Waals surface area contributed by atoms with E-state index in [2.05, 4.69) is 4.90 Å². The average Bonchev–Trinajstić information content (AvgIpc) is 2.67. The quantitative estimate of drug-likeness (QED) is 0.626. The first-order chi connectivity index (χ1) is 12.6. The van der Waals surface area contributed by atoms with Gasteiger partial charge in [-0.1, -0.05) is 44.2 Å². The van der Waals surface area contributed by atoms with Gasteiger partial charge in [-0.15, -0.1) is 0 Å². The lowest BCUT2D eigenvalue weighted by atomic mass is 9.60. The van der Waals surface area contributed by atoms with Crippen LogP contribution in [0.4, 0.5) is 0 Å². The molecular formula is C20H29NO5. The van der Waals surface area contributed by atoms with Crippen molar-refractivity contribution in [3.05, 3.63) is 35.9 Å². The molecule has 26 heavy (non-hydrogen) atoms. The molecule has 6 heteroatoms. The summed E-state index contributed by atoms with van der Waals surface area (Å²) in [6, 6.07) is 9.80. The summed E-state index contributed by atoms with van der Waals surface area (Å²) < 4.78 is 15.8. The molecule has 144 valence electrons. The Morgan fingerprint density at radius 2 is 1.54 bits per heavy atom. The second kappa shape index (κ2) is 9.69. The molecule has 4 atom stereocenters. The van der Waals surface area contributed by atoms with Crippen molar-refractivity contribution in [3.63, 3.8) is 0 Å². The maximum absolute atomic E-state index is 12.3. The molecule has 1 aliphatic rings. The molecule has 0 N–H and O–H groups in total. The highest BCUT2D eigenvalue weighted by Gasteiger charge is 2.60. The second-order valence-electron chi connectivity index (χ2n) is 6.47. The fourth-order valence-electron chi connectivity index (χ4n) is 3.92. The Bertz CT molecular complexity index is 587. The van der Waals surface area contributed by atoms with Gasteiger partial charge in [0, 0.05) is 12.0 Å². The number of ether oxygens (including phenoxy) is 3. The highest BCUT2D eigenvalue weighted by molar-refractivity contribution is 5.85. The third kappa shape index (κ3) is 4.24. The van der Waals surface area contributed by atoms with Gasteiger partial charge >= 0.3 is 11.9 Å². The molecule has 2 rings (SSSR count). The molecule has 1 aliphatic carbocycles. The number of hydrogen-bond donors (Lipinski definition) is 0. The highest BCUT2D eigenvalue weighted by atomic mass is 16.5. The van der Waals surface area contributed by atoms with Gasteiger partial charge in [-0.2, -0.15) is 0 Å². The van der Waals surface area contributed by atoms with Crippen molar-refractivity contribution >= 4 is 11.9 Å². The normalized spacial score (nSPS) is 24.8. The average molecular weight is 363 g/mol. The zero-order valence-electron chi connectivity index (χ0n) is 16.0. The van der Waals surface area contributed by atoms with Crippen molar-refractivity contribution in [1.29, 1.82) is 0 Å². The fraction of sp³-hybridized carbons (Fsp3) is 0.600. The molecule has 0 bridgehead atoms. The number of carbonyl (C=O) groups excluding carboxylic acids is 2. The van der Waals surface area contributed by atoms with Crippen LogP contribution in [0.3, 0.4) is 0 Å². The summed E-state index contributed by atoms with van der Waals surface area (Å²) in [4.78, 5) is 26.8. The SMILES string of the molecule is CCN(CC)[C@@H]1[C@@H](COCc2ccccc2)[C@H](C(=O)OC)[C@H]1C(=O)OC. The lowest BCUT2D eigenvalue weighted by molar-refractivity contribution is -0.186. The molecule has 1 aromatic carbocycles. The van der Waals surface area contributed by atoms with Crippen molar-refractivity contribution in [3.8, 4) is 0 Å². The van der Waals surface area contributed by atoms with Crippen LogP contribution in [-0.4, -0.2) is 56.8 Å². The Hall–Kier alpha value is -1.92. The maximum atomic E-state index is 12.3. The molecule has 0 unspecified atom stereocenters. The van der Waals surface area contributed by atoms with Crippen molar-refractivity contribution in [2.45, 2.75) is 26.5 Å². The summed E-state index contributed by atoms with van der Waals surface area (Å²) in [5, 5.41) is 0. The Morgan fingerprint density at radius 1 is 0.962 bits per heavy atom. The van der Waals surface area contributed by atoms with Crippen LogP contribution >= 0.6 is 0 Å². The molecule has 6 nitrogen and oxygen atoms in total. The molecule has 0 radical (unpaired) electrons. The van der Waals surface area contributed by atoms with Gasteiger partial charge in [0.15, 0.2) is 0 Å². The van der Waals surface area contributed by atoms with Gasteiger partial charge in [0.25, 0.3) is 0 Å². The van der Waals surface area contributed by atoms with E-state index in [-0.39, 0.29) is 23.9 Å². The van der Waals surface area contributed by atoms with Gasteiger partial charge in [0.1, 0.15) is 0 Å². The standard InChI is InChI=1S/C20H29NO5/c1-5-21(6-2)18-15(13-26-12-14-10-8-7-9-11-14)16(19(22)24-3)17(18)20(23)25-4/h7-11,15-18H,5-6,12-13H2,1-4H3/t15-,16-,17+,18+/m0/s1. The zero-order valence-corrected chi connectivity index (χ0v) is 16.0. The molecule has 1 aromatic rings. The number of hydrogen-bond acceptors (Lipinski definition) is 6. The van der Waals surface area contributed by atoms with Crippen LogP contribution in [0.15, 0.2) is 30.3 Å². The van der Waals surface area contributed by atoms with Gasteiger partial charge in [0.05, 0.1) is 39.3 Å². The van der Waals surface area contributed by atoms with E-state index in [9.17, 15) is 9.59 Å². The Morgan fingerprint density at radius 3 is 2.08 bits per heavy atom. The summed E-state index contributed by atoms with van der Waals surface area (Å²) in [6.07, 6.45) is 0. The lowest BCUT2D eigenvalue weighted by Gasteiger charge is -2.52. The first kappa shape index (κ1) is 20.4. The summed E-state index contributed by atoms with van der Waals surface area (Å²) in [5.41, 5.74) is 1.07. The molecule has 1 saturated carbocycles. The van der Waals surface area contributed by atoms with E-state index < -0.39 is 11.8 Å². The van der Waals surface area contributed by atoms with Crippen LogP contribution in [0.2, 0.25) is 0 Å². The van der Waals surface area contributed by atoms with Crippen molar-refractivity contribution in [2.24, 2.45) is 17.8 Å². The molecule has 0 saturated heterocycles. The lowest BCUT2D eigenvalue weighted by Crippen LogP contribution is -2.66. The van der Waals surface area contributed by atoms with Gasteiger partial charge in [-0.05, 0) is 18.7 Å². The molecule has 0 amide bonds. The number of carbonyl (C=O) groups is 2. The van der Waals surface area contributed by atoms with E-state index in [1.54, 1.807) is 0 Å². The van der Waals surface area contributed by atoms with Crippen molar-refractivity contribution < 1.29 is 23.8 Å². The Kier molecular flexibility index (Phi) is 7.60. The number of methoxy groups -OCH3 is 2. The van der Waals surface area contributed by atoms with Crippen LogP contribution in [-0.2, 0) is 30.4 Å². The number of nitrogens with zero attached hydrogens (tertiary/aromatic N) is 1. The van der Waals surface area contributed by atoms with Gasteiger partial charge in [-0.25, -0.2) is 0 Å². The third-order valence-electron chi connectivity index (χ3n) is 5.26. The van der Waals surface area contributed by atoms with Crippen molar-refractivity contribution in [2.75, 3.05) is 33.9 Å². The maximum Gasteiger partial charge on any atom is 0.311 e. The minimum absolute atomic E-state index is 0.0858. The summed E-state index contributed by atoms with van der Waals surface area (Å²) in [5.74, 6) is -1.89. The van der Waals surface area contributed by atoms with Gasteiger partial charge in [0.2, 0.25) is 0 Å². The molecule has 1 fully saturated rings. The van der Waals surface area contributed by atoms with E-state index in [0.717, 1.165) is 18.7 Å². The largest absolute Gasteiger partial charge is 0.469 e. The molecular weight excluding hydrogens is 334 g/mol. The molecule has 0 aliphatic heterocycles. The van der Waals surface area contributed by atoms with E-state index in [0.29, 0.717) is 13.2 Å². The first-order valence-corrected chi connectivity index (χ1v) is 9.10. The summed E-state index contributed by atoms with van der Waals surface area (Å²) in [6.45, 7) is 6.54.